The van der Waals surface area contributed by atoms with Gasteiger partial charge < -0.3 is 4.74 Å². The van der Waals surface area contributed by atoms with Crippen LogP contribution in [0.3, 0.4) is 0 Å². The molecule has 3 heteroatoms. The lowest BCUT2D eigenvalue weighted by molar-refractivity contribution is 0.367. The fraction of sp³-hybridized carbons (Fsp3) is 0.471. The number of hydrogen-bond donors (Lipinski definition) is 0. The zero-order chi connectivity index (χ0) is 14.2. The standard InChI is InChI=1S/C17H20ClNO/c18-13-16(14-6-2-1-3-7-14)12-15-8-4-5-9-17(15)20-11-10-19/h4-5,8-9,12,14H,1-3,6-7,11,13H2/b16-12-. The van der Waals surface area contributed by atoms with Crippen LogP contribution in [0.5, 0.6) is 5.75 Å². The van der Waals surface area contributed by atoms with Crippen molar-refractivity contribution in [3.05, 3.63) is 35.4 Å². The van der Waals surface area contributed by atoms with Crippen molar-refractivity contribution < 1.29 is 4.74 Å². The highest BCUT2D eigenvalue weighted by Gasteiger charge is 2.17. The fourth-order valence-corrected chi connectivity index (χ4v) is 3.08. The molecule has 0 amide bonds. The number of nitriles is 1. The maximum absolute atomic E-state index is 8.64. The maximum atomic E-state index is 8.64. The predicted molar refractivity (Wildman–Crippen MR) is 82.8 cm³/mol. The molecule has 0 bridgehead atoms. The minimum absolute atomic E-state index is 0.0739. The summed E-state index contributed by atoms with van der Waals surface area (Å²) in [5, 5.41) is 8.64. The van der Waals surface area contributed by atoms with Crippen molar-refractivity contribution in [3.63, 3.8) is 0 Å². The molecule has 0 N–H and O–H groups in total. The third-order valence-electron chi connectivity index (χ3n) is 3.84. The first-order valence-electron chi connectivity index (χ1n) is 7.20. The topological polar surface area (TPSA) is 33.0 Å². The Morgan fingerprint density at radius 3 is 2.75 bits per heavy atom. The molecule has 20 heavy (non-hydrogen) atoms. The number of benzene rings is 1. The van der Waals surface area contributed by atoms with Crippen molar-refractivity contribution in [1.29, 1.82) is 5.26 Å². The Balaban J connectivity index is 2.20. The Kier molecular flexibility index (Phi) is 5.95. The number of para-hydroxylation sites is 1. The van der Waals surface area contributed by atoms with Crippen LogP contribution in [0.1, 0.15) is 37.7 Å². The van der Waals surface area contributed by atoms with Crippen LogP contribution in [0.4, 0.5) is 0 Å². The van der Waals surface area contributed by atoms with E-state index in [9.17, 15) is 0 Å². The van der Waals surface area contributed by atoms with Crippen LogP contribution >= 0.6 is 11.6 Å². The van der Waals surface area contributed by atoms with Crippen molar-refractivity contribution in [1.82, 2.24) is 0 Å². The van der Waals surface area contributed by atoms with Gasteiger partial charge in [-0.2, -0.15) is 5.26 Å². The molecular weight excluding hydrogens is 270 g/mol. The van der Waals surface area contributed by atoms with Gasteiger partial charge in [-0.1, -0.05) is 49.1 Å². The second-order valence-corrected chi connectivity index (χ2v) is 5.44. The molecule has 1 aromatic carbocycles. The van der Waals surface area contributed by atoms with Gasteiger partial charge in [-0.05, 0) is 24.8 Å². The summed E-state index contributed by atoms with van der Waals surface area (Å²) in [5.41, 5.74) is 2.31. The number of ether oxygens (including phenoxy) is 1. The van der Waals surface area contributed by atoms with Gasteiger partial charge in [0.05, 0.1) is 0 Å². The molecule has 0 saturated heterocycles. The lowest BCUT2D eigenvalue weighted by Crippen LogP contribution is -2.10. The van der Waals surface area contributed by atoms with Crippen molar-refractivity contribution >= 4 is 17.7 Å². The second-order valence-electron chi connectivity index (χ2n) is 5.17. The number of hydrogen-bond acceptors (Lipinski definition) is 2. The summed E-state index contributed by atoms with van der Waals surface area (Å²) >= 11 is 6.15. The molecular formula is C17H20ClNO. The van der Waals surface area contributed by atoms with Crippen LogP contribution in [0.25, 0.3) is 6.08 Å². The number of halogens is 1. The molecule has 0 aliphatic heterocycles. The number of nitrogens with zero attached hydrogens (tertiary/aromatic N) is 1. The first-order valence-corrected chi connectivity index (χ1v) is 7.74. The number of alkyl halides is 1. The van der Waals surface area contributed by atoms with Crippen LogP contribution in [0.2, 0.25) is 0 Å². The van der Waals surface area contributed by atoms with Crippen LogP contribution in [0, 0.1) is 17.2 Å². The lowest BCUT2D eigenvalue weighted by Gasteiger charge is -2.23. The molecule has 1 aliphatic rings. The second kappa shape index (κ2) is 7.97. The molecule has 0 atom stereocenters. The highest BCUT2D eigenvalue weighted by atomic mass is 35.5. The molecule has 1 saturated carbocycles. The quantitative estimate of drug-likeness (QED) is 0.730. The Hall–Kier alpha value is -1.46. The van der Waals surface area contributed by atoms with E-state index >= 15 is 0 Å². The molecule has 2 nitrogen and oxygen atoms in total. The monoisotopic (exact) mass is 289 g/mol. The third kappa shape index (κ3) is 4.02. The number of allylic oxidation sites excluding steroid dienone is 1. The Bertz CT molecular complexity index is 498. The zero-order valence-corrected chi connectivity index (χ0v) is 12.4. The molecule has 1 aliphatic carbocycles. The minimum Gasteiger partial charge on any atom is -0.478 e. The Morgan fingerprint density at radius 1 is 1.30 bits per heavy atom. The smallest absolute Gasteiger partial charge is 0.174 e. The summed E-state index contributed by atoms with van der Waals surface area (Å²) in [6, 6.07) is 9.83. The van der Waals surface area contributed by atoms with Crippen LogP contribution in [-0.4, -0.2) is 12.5 Å². The Morgan fingerprint density at radius 2 is 2.05 bits per heavy atom. The van der Waals surface area contributed by atoms with Gasteiger partial charge in [0.15, 0.2) is 6.61 Å². The summed E-state index contributed by atoms with van der Waals surface area (Å²) < 4.78 is 5.47. The van der Waals surface area contributed by atoms with Crippen molar-refractivity contribution in [2.45, 2.75) is 32.1 Å². The summed E-state index contributed by atoms with van der Waals surface area (Å²) in [6.45, 7) is 0.0739. The molecule has 0 heterocycles. The summed E-state index contributed by atoms with van der Waals surface area (Å²) in [5.74, 6) is 1.93. The van der Waals surface area contributed by atoms with Crippen LogP contribution < -0.4 is 4.74 Å². The van der Waals surface area contributed by atoms with E-state index in [0.29, 0.717) is 11.8 Å². The third-order valence-corrected chi connectivity index (χ3v) is 4.14. The molecule has 1 aromatic rings. The first kappa shape index (κ1) is 14.9. The molecule has 0 aromatic heterocycles. The van der Waals surface area contributed by atoms with E-state index < -0.39 is 0 Å². The molecule has 1 fully saturated rings. The number of rotatable bonds is 5. The fourth-order valence-electron chi connectivity index (χ4n) is 2.78. The van der Waals surface area contributed by atoms with E-state index in [1.807, 2.05) is 30.3 Å². The van der Waals surface area contributed by atoms with E-state index in [1.54, 1.807) is 0 Å². The zero-order valence-electron chi connectivity index (χ0n) is 11.6. The summed E-state index contributed by atoms with van der Waals surface area (Å²) in [7, 11) is 0. The Labute approximate surface area is 126 Å². The van der Waals surface area contributed by atoms with Crippen molar-refractivity contribution in [3.8, 4) is 11.8 Å². The van der Waals surface area contributed by atoms with E-state index in [1.165, 1.54) is 37.7 Å². The van der Waals surface area contributed by atoms with Gasteiger partial charge in [-0.3, -0.25) is 0 Å². The van der Waals surface area contributed by atoms with Gasteiger partial charge in [0.1, 0.15) is 11.8 Å². The van der Waals surface area contributed by atoms with Gasteiger partial charge in [-0.15, -0.1) is 11.6 Å². The van der Waals surface area contributed by atoms with Gasteiger partial charge >= 0.3 is 0 Å². The normalized spacial score (nSPS) is 16.7. The minimum atomic E-state index is 0.0739. The van der Waals surface area contributed by atoms with Gasteiger partial charge in [0.25, 0.3) is 0 Å². The van der Waals surface area contributed by atoms with E-state index in [2.05, 4.69) is 6.08 Å². The molecule has 0 radical (unpaired) electrons. The van der Waals surface area contributed by atoms with Gasteiger partial charge in [0, 0.05) is 11.4 Å². The predicted octanol–water partition coefficient (Wildman–Crippen LogP) is 4.79. The summed E-state index contributed by atoms with van der Waals surface area (Å²) in [6.07, 6.45) is 8.56. The molecule has 2 rings (SSSR count). The summed E-state index contributed by atoms with van der Waals surface area (Å²) in [4.78, 5) is 0. The van der Waals surface area contributed by atoms with Crippen LogP contribution in [-0.2, 0) is 0 Å². The maximum Gasteiger partial charge on any atom is 0.174 e. The first-order chi connectivity index (χ1) is 9.85. The van der Waals surface area contributed by atoms with Gasteiger partial charge in [0.2, 0.25) is 0 Å². The molecule has 0 unspecified atom stereocenters. The van der Waals surface area contributed by atoms with Crippen LogP contribution in [0.15, 0.2) is 29.8 Å². The average molecular weight is 290 g/mol. The van der Waals surface area contributed by atoms with E-state index in [-0.39, 0.29) is 6.61 Å². The highest BCUT2D eigenvalue weighted by Crippen LogP contribution is 2.32. The van der Waals surface area contributed by atoms with Crippen molar-refractivity contribution in [2.24, 2.45) is 5.92 Å². The largest absolute Gasteiger partial charge is 0.478 e. The lowest BCUT2D eigenvalue weighted by atomic mass is 9.83. The highest BCUT2D eigenvalue weighted by molar-refractivity contribution is 6.19. The molecule has 106 valence electrons. The van der Waals surface area contributed by atoms with E-state index in [4.69, 9.17) is 21.6 Å². The van der Waals surface area contributed by atoms with Crippen molar-refractivity contribution in [2.75, 3.05) is 12.5 Å². The average Bonchev–Trinajstić information content (AvgIpc) is 2.52. The molecule has 0 spiro atoms. The SMILES string of the molecule is N#CCOc1ccccc1/C=C(/CCl)C1CCCCC1. The van der Waals surface area contributed by atoms with Gasteiger partial charge in [-0.25, -0.2) is 0 Å². The van der Waals surface area contributed by atoms with E-state index in [0.717, 1.165) is 11.3 Å².